The first-order chi connectivity index (χ1) is 19.2. The fraction of sp³-hybridized carbons (Fsp3) is 0.667. The van der Waals surface area contributed by atoms with E-state index in [2.05, 4.69) is 26.0 Å². The predicted octanol–water partition coefficient (Wildman–Crippen LogP) is 9.02. The van der Waals surface area contributed by atoms with Crippen molar-refractivity contribution >= 4 is 0 Å². The van der Waals surface area contributed by atoms with E-state index in [1.54, 1.807) is 12.1 Å². The minimum Gasteiger partial charge on any atom is -0.207 e. The zero-order valence-electron chi connectivity index (χ0n) is 25.2. The van der Waals surface area contributed by atoms with Crippen molar-refractivity contribution in [2.45, 2.75) is 155 Å². The SMILES string of the molecule is CCCCCCCCCCCCc1c(F)cccc1[I+]c1cccc(F)c1CCCCCCCCCCCC. The quantitative estimate of drug-likeness (QED) is 0.0784. The van der Waals surface area contributed by atoms with Crippen molar-refractivity contribution in [2.24, 2.45) is 0 Å². The fourth-order valence-electron chi connectivity index (χ4n) is 5.41. The standard InChI is InChI=1S/C36H56F2I/c1-3-5-7-9-11-13-15-17-19-21-25-31-33(37)27-23-29-35(31)39-36-30-24-28-34(38)32(36)26-22-20-18-16-14-12-10-8-6-4-2/h23-24,27-30H,3-22,25-26H2,1-2H3/q+1. The van der Waals surface area contributed by atoms with E-state index in [1.165, 1.54) is 116 Å². The molecule has 0 saturated carbocycles. The van der Waals surface area contributed by atoms with Crippen LogP contribution in [-0.2, 0) is 12.8 Å². The summed E-state index contributed by atoms with van der Waals surface area (Å²) < 4.78 is 32.1. The average Bonchev–Trinajstić information content (AvgIpc) is 2.93. The molecule has 0 aromatic heterocycles. The first-order valence-electron chi connectivity index (χ1n) is 16.4. The highest BCUT2D eigenvalue weighted by Crippen LogP contribution is 2.16. The molecule has 3 heteroatoms. The summed E-state index contributed by atoms with van der Waals surface area (Å²) in [7, 11) is 0. The Hall–Kier alpha value is -0.970. The van der Waals surface area contributed by atoms with Gasteiger partial charge in [-0.15, -0.1) is 0 Å². The maximum atomic E-state index is 14.9. The summed E-state index contributed by atoms with van der Waals surface area (Å²) in [5.74, 6) is -0.147. The second kappa shape index (κ2) is 22.7. The molecule has 0 radical (unpaired) electrons. The minimum absolute atomic E-state index is 0.0734. The number of benzene rings is 2. The predicted molar refractivity (Wildman–Crippen MR) is 161 cm³/mol. The molecule has 0 saturated heterocycles. The number of halogens is 3. The highest BCUT2D eigenvalue weighted by Gasteiger charge is 2.26. The third-order valence-corrected chi connectivity index (χ3v) is 11.1. The summed E-state index contributed by atoms with van der Waals surface area (Å²) >= 11 is -0.608. The van der Waals surface area contributed by atoms with Crippen molar-refractivity contribution < 1.29 is 30.0 Å². The third kappa shape index (κ3) is 15.0. The van der Waals surface area contributed by atoms with Gasteiger partial charge in [0, 0.05) is 11.1 Å². The molecule has 0 bridgehead atoms. The Kier molecular flexibility index (Phi) is 19.9. The lowest BCUT2D eigenvalue weighted by Crippen LogP contribution is -3.62. The maximum absolute atomic E-state index is 14.9. The molecule has 0 heterocycles. The Bertz CT molecular complexity index is 807. The molecule has 0 amide bonds. The van der Waals surface area contributed by atoms with E-state index in [9.17, 15) is 8.78 Å². The molecule has 0 aliphatic heterocycles. The average molecular weight is 654 g/mol. The van der Waals surface area contributed by atoms with E-state index < -0.39 is 21.2 Å². The van der Waals surface area contributed by atoms with Crippen LogP contribution in [0, 0.1) is 18.8 Å². The Balaban J connectivity index is 1.79. The van der Waals surface area contributed by atoms with Crippen LogP contribution in [0.5, 0.6) is 0 Å². The molecular formula is C36H56F2I+. The summed E-state index contributed by atoms with van der Waals surface area (Å²) in [6, 6.07) is 11.1. The van der Waals surface area contributed by atoms with Gasteiger partial charge in [0.25, 0.3) is 0 Å². The molecule has 0 fully saturated rings. The molecule has 0 unspecified atom stereocenters. The molecule has 2 rings (SSSR count). The topological polar surface area (TPSA) is 0 Å². The molecule has 220 valence electrons. The van der Waals surface area contributed by atoms with Crippen LogP contribution in [0.2, 0.25) is 0 Å². The highest BCUT2D eigenvalue weighted by atomic mass is 127. The van der Waals surface area contributed by atoms with Gasteiger partial charge in [0.05, 0.1) is 0 Å². The van der Waals surface area contributed by atoms with Crippen molar-refractivity contribution in [3.05, 3.63) is 66.3 Å². The largest absolute Gasteiger partial charge is 0.358 e. The van der Waals surface area contributed by atoms with Gasteiger partial charge in [0.15, 0.2) is 0 Å². The van der Waals surface area contributed by atoms with E-state index in [0.29, 0.717) is 0 Å². The van der Waals surface area contributed by atoms with E-state index in [0.717, 1.165) is 44.0 Å². The Morgan fingerprint density at radius 1 is 0.436 bits per heavy atom. The minimum atomic E-state index is -0.608. The van der Waals surface area contributed by atoms with Crippen molar-refractivity contribution in [3.63, 3.8) is 0 Å². The fourth-order valence-corrected chi connectivity index (χ4v) is 8.51. The van der Waals surface area contributed by atoms with Crippen LogP contribution in [0.4, 0.5) is 8.78 Å². The van der Waals surface area contributed by atoms with Gasteiger partial charge in [-0.2, -0.15) is 0 Å². The van der Waals surface area contributed by atoms with Gasteiger partial charge in [-0.3, -0.25) is 0 Å². The lowest BCUT2D eigenvalue weighted by atomic mass is 10.0. The number of rotatable bonds is 24. The molecule has 2 aromatic rings. The van der Waals surface area contributed by atoms with E-state index in [1.807, 2.05) is 12.1 Å². The molecule has 39 heavy (non-hydrogen) atoms. The highest BCUT2D eigenvalue weighted by molar-refractivity contribution is 5.20. The molecular weight excluding hydrogens is 597 g/mol. The van der Waals surface area contributed by atoms with Gasteiger partial charge < -0.3 is 0 Å². The van der Waals surface area contributed by atoms with Gasteiger partial charge in [0.1, 0.15) is 11.6 Å². The molecule has 0 aliphatic carbocycles. The van der Waals surface area contributed by atoms with Crippen molar-refractivity contribution in [1.29, 1.82) is 0 Å². The lowest BCUT2D eigenvalue weighted by molar-refractivity contribution is -0.599. The van der Waals surface area contributed by atoms with Crippen LogP contribution < -0.4 is 21.2 Å². The summed E-state index contributed by atoms with van der Waals surface area (Å²) in [4.78, 5) is 0. The first kappa shape index (κ1) is 34.2. The molecule has 0 spiro atoms. The summed E-state index contributed by atoms with van der Waals surface area (Å²) in [5, 5.41) is 0. The first-order valence-corrected chi connectivity index (χ1v) is 18.5. The number of hydrogen-bond acceptors (Lipinski definition) is 0. The Labute approximate surface area is 250 Å². The van der Waals surface area contributed by atoms with Crippen molar-refractivity contribution in [3.8, 4) is 0 Å². The second-order valence-electron chi connectivity index (χ2n) is 11.4. The van der Waals surface area contributed by atoms with E-state index in [-0.39, 0.29) is 11.6 Å². The van der Waals surface area contributed by atoms with E-state index >= 15 is 0 Å². The van der Waals surface area contributed by atoms with Crippen molar-refractivity contribution in [2.75, 3.05) is 0 Å². The van der Waals surface area contributed by atoms with Crippen LogP contribution >= 0.6 is 0 Å². The normalized spacial score (nSPS) is 11.4. The molecule has 0 aliphatic rings. The van der Waals surface area contributed by atoms with Gasteiger partial charge >= 0.3 is 21.2 Å². The second-order valence-corrected chi connectivity index (χ2v) is 14.2. The van der Waals surface area contributed by atoms with Crippen LogP contribution in [0.15, 0.2) is 36.4 Å². The van der Waals surface area contributed by atoms with Crippen LogP contribution in [0.25, 0.3) is 0 Å². The monoisotopic (exact) mass is 653 g/mol. The van der Waals surface area contributed by atoms with Gasteiger partial charge in [-0.05, 0) is 49.9 Å². The lowest BCUT2D eigenvalue weighted by Gasteiger charge is -2.07. The molecule has 0 nitrogen and oxygen atoms in total. The smallest absolute Gasteiger partial charge is 0.207 e. The molecule has 0 atom stereocenters. The zero-order valence-corrected chi connectivity index (χ0v) is 27.3. The third-order valence-electron chi connectivity index (χ3n) is 7.89. The Morgan fingerprint density at radius 2 is 0.744 bits per heavy atom. The van der Waals surface area contributed by atoms with Crippen LogP contribution in [-0.4, -0.2) is 0 Å². The summed E-state index contributed by atoms with van der Waals surface area (Å²) in [5.41, 5.74) is 1.78. The van der Waals surface area contributed by atoms with Crippen molar-refractivity contribution in [1.82, 2.24) is 0 Å². The molecule has 0 N–H and O–H groups in total. The van der Waals surface area contributed by atoms with Gasteiger partial charge in [0.2, 0.25) is 7.14 Å². The Morgan fingerprint density at radius 3 is 1.08 bits per heavy atom. The number of hydrogen-bond donors (Lipinski definition) is 0. The maximum Gasteiger partial charge on any atom is 0.358 e. The van der Waals surface area contributed by atoms with Gasteiger partial charge in [-0.1, -0.05) is 142 Å². The number of unbranched alkanes of at least 4 members (excludes halogenated alkanes) is 18. The van der Waals surface area contributed by atoms with Gasteiger partial charge in [-0.25, -0.2) is 8.78 Å². The summed E-state index contributed by atoms with van der Waals surface area (Å²) in [6.45, 7) is 4.53. The summed E-state index contributed by atoms with van der Waals surface area (Å²) in [6.07, 6.45) is 27.4. The van der Waals surface area contributed by atoms with Crippen LogP contribution in [0.3, 0.4) is 0 Å². The van der Waals surface area contributed by atoms with E-state index in [4.69, 9.17) is 0 Å². The molecule has 2 aromatic carbocycles. The van der Waals surface area contributed by atoms with Crippen LogP contribution in [0.1, 0.15) is 153 Å². The zero-order chi connectivity index (χ0) is 28.0.